The van der Waals surface area contributed by atoms with Crippen LogP contribution in [0.4, 0.5) is 0 Å². The third-order valence-electron chi connectivity index (χ3n) is 11.6. The predicted molar refractivity (Wildman–Crippen MR) is 204 cm³/mol. The maximum Gasteiger partial charge on any atom is 0.259 e. The van der Waals surface area contributed by atoms with Crippen LogP contribution in [-0.4, -0.2) is 52.4 Å². The molecule has 4 fully saturated rings. The van der Waals surface area contributed by atoms with E-state index in [0.29, 0.717) is 37.5 Å². The Morgan fingerprint density at radius 3 is 2.28 bits per heavy atom. The average molecular weight is 702 g/mol. The molecule has 7 unspecified atom stereocenters. The second kappa shape index (κ2) is 18.3. The highest BCUT2D eigenvalue weighted by atomic mass is 33.1. The Morgan fingerprint density at radius 2 is 1.59 bits per heavy atom. The molecule has 270 valence electrons. The molecule has 0 saturated heterocycles. The van der Waals surface area contributed by atoms with Crippen LogP contribution in [0.25, 0.3) is 0 Å². The number of hydrogen-bond donors (Lipinski definition) is 1. The van der Waals surface area contributed by atoms with Gasteiger partial charge in [0, 0.05) is 39.8 Å². The van der Waals surface area contributed by atoms with Crippen molar-refractivity contribution < 1.29 is 18.1 Å². The highest BCUT2D eigenvalue weighted by Crippen LogP contribution is 2.61. The number of nitrogens with one attached hydrogen (secondary N) is 1. The molecule has 0 aliphatic heterocycles. The third-order valence-corrected chi connectivity index (χ3v) is 17.1. The first-order valence-electron chi connectivity index (χ1n) is 18.7. The Morgan fingerprint density at radius 1 is 0.957 bits per heavy atom. The number of nitrogens with zero attached hydrogens (tertiary/aromatic N) is 2. The quantitative estimate of drug-likeness (QED) is 0.0975. The van der Waals surface area contributed by atoms with Crippen molar-refractivity contribution in [3.05, 3.63) is 0 Å². The van der Waals surface area contributed by atoms with Crippen molar-refractivity contribution in [3.8, 4) is 6.07 Å². The molecular formula is C37H72N3O3PS2. The van der Waals surface area contributed by atoms with Crippen molar-refractivity contribution in [2.24, 2.45) is 47.3 Å². The topological polar surface area (TPSA) is 74.6 Å². The van der Waals surface area contributed by atoms with Crippen molar-refractivity contribution in [3.63, 3.8) is 0 Å². The number of carbonyl (C=O) groups excluding carboxylic acids is 1. The first-order chi connectivity index (χ1) is 21.9. The van der Waals surface area contributed by atoms with Crippen LogP contribution in [0, 0.1) is 58.7 Å². The van der Waals surface area contributed by atoms with E-state index in [-0.39, 0.29) is 21.0 Å². The number of hydrogen-bond acceptors (Lipinski definition) is 7. The van der Waals surface area contributed by atoms with E-state index >= 15 is 0 Å². The molecule has 6 nitrogen and oxygen atoms in total. The molecule has 10 atom stereocenters. The van der Waals surface area contributed by atoms with Gasteiger partial charge in [-0.3, -0.25) is 4.79 Å². The minimum atomic E-state index is -1.16. The molecular weight excluding hydrogens is 630 g/mol. The molecule has 1 amide bonds. The Hall–Kier alpha value is -0.0300. The van der Waals surface area contributed by atoms with Gasteiger partial charge in [0.2, 0.25) is 5.91 Å². The van der Waals surface area contributed by atoms with Gasteiger partial charge >= 0.3 is 0 Å². The number of fused-ring (bicyclic) bond motifs is 5. The monoisotopic (exact) mass is 701 g/mol. The van der Waals surface area contributed by atoms with Gasteiger partial charge in [0.15, 0.2) is 0 Å². The first-order valence-corrected chi connectivity index (χ1v) is 22.2. The highest BCUT2D eigenvalue weighted by molar-refractivity contribution is 8.77. The summed E-state index contributed by atoms with van der Waals surface area (Å²) in [4.78, 5) is 12.6. The number of amides is 1. The standard InChI is InChI=1S/C37H66N3O3PS2.3H2/c1-25(2)40(26(3)4)44(42-22-9-20-38)43-29-12-14-31-28(24-29)11-13-34-33(31)18-17-32-30(15-16-35(32)34)27(5)10-19-36(41)39-21-23-45-46-37(6,7)8;;;/h25-35H,9-19,21-24H2,1-8H3,(H,39,41);3*1H/t27-,28?,29-,30-,31?,32?,33?,34?,35?,44?;;;/m1.../s1. The Kier molecular flexibility index (Phi) is 15.4. The summed E-state index contributed by atoms with van der Waals surface area (Å²) in [6, 6.07) is 2.92. The largest absolute Gasteiger partial charge is 0.355 e. The fourth-order valence-corrected chi connectivity index (χ4v) is 13.8. The number of rotatable bonds is 16. The van der Waals surface area contributed by atoms with Crippen LogP contribution in [0.3, 0.4) is 0 Å². The van der Waals surface area contributed by atoms with Gasteiger partial charge in [-0.2, -0.15) is 5.26 Å². The minimum Gasteiger partial charge on any atom is -0.355 e. The van der Waals surface area contributed by atoms with E-state index in [0.717, 1.165) is 66.6 Å². The summed E-state index contributed by atoms with van der Waals surface area (Å²) >= 11 is 0. The van der Waals surface area contributed by atoms with Crippen LogP contribution < -0.4 is 5.32 Å². The minimum absolute atomic E-state index is 0. The van der Waals surface area contributed by atoms with Gasteiger partial charge in [-0.05, 0) is 139 Å². The van der Waals surface area contributed by atoms with Crippen molar-refractivity contribution in [2.45, 2.75) is 155 Å². The summed E-state index contributed by atoms with van der Waals surface area (Å²) in [6.07, 6.45) is 14.5. The average Bonchev–Trinajstić information content (AvgIpc) is 3.43. The lowest BCUT2D eigenvalue weighted by Crippen LogP contribution is -2.46. The lowest BCUT2D eigenvalue weighted by molar-refractivity contribution is -0.121. The van der Waals surface area contributed by atoms with E-state index in [1.807, 2.05) is 21.6 Å². The molecule has 0 spiro atoms. The maximum absolute atomic E-state index is 12.6. The zero-order valence-electron chi connectivity index (χ0n) is 30.3. The van der Waals surface area contributed by atoms with Crippen LogP contribution in [0.5, 0.6) is 0 Å². The van der Waals surface area contributed by atoms with Crippen molar-refractivity contribution in [1.29, 1.82) is 5.26 Å². The SMILES string of the molecule is CC(C)N(C(C)C)P(OCCC#N)O[C@@H]1CCC2C(CCC3C2CCC2C3CC[C@@H]2[C@H](C)CCC(=O)NCCSSC(C)(C)C)C1.[HH].[HH].[HH]. The van der Waals surface area contributed by atoms with E-state index in [4.69, 9.17) is 14.3 Å². The van der Waals surface area contributed by atoms with Gasteiger partial charge in [0.25, 0.3) is 8.53 Å². The number of nitriles is 1. The van der Waals surface area contributed by atoms with Gasteiger partial charge in [0.05, 0.1) is 25.2 Å². The van der Waals surface area contributed by atoms with E-state index in [2.05, 4.69) is 71.4 Å². The summed E-state index contributed by atoms with van der Waals surface area (Å²) in [7, 11) is 2.60. The van der Waals surface area contributed by atoms with E-state index < -0.39 is 8.53 Å². The highest BCUT2D eigenvalue weighted by Gasteiger charge is 2.52. The summed E-state index contributed by atoms with van der Waals surface area (Å²) < 4.78 is 15.7. The summed E-state index contributed by atoms with van der Waals surface area (Å²) in [5.41, 5.74) is 0. The molecule has 4 aliphatic rings. The van der Waals surface area contributed by atoms with E-state index in [9.17, 15) is 4.79 Å². The molecule has 4 rings (SSSR count). The summed E-state index contributed by atoms with van der Waals surface area (Å²) in [6.45, 7) is 19.3. The van der Waals surface area contributed by atoms with Crippen molar-refractivity contribution >= 4 is 36.0 Å². The Bertz CT molecular complexity index is 996. The van der Waals surface area contributed by atoms with E-state index in [1.54, 1.807) is 0 Å². The zero-order valence-corrected chi connectivity index (χ0v) is 32.9. The van der Waals surface area contributed by atoms with E-state index in [1.165, 1.54) is 51.4 Å². The van der Waals surface area contributed by atoms with Crippen molar-refractivity contribution in [2.75, 3.05) is 18.9 Å². The predicted octanol–water partition coefficient (Wildman–Crippen LogP) is 11.0. The molecule has 0 heterocycles. The molecule has 46 heavy (non-hydrogen) atoms. The zero-order chi connectivity index (χ0) is 33.4. The molecule has 0 aromatic carbocycles. The van der Waals surface area contributed by atoms with Crippen LogP contribution in [0.15, 0.2) is 0 Å². The molecule has 1 N–H and O–H groups in total. The molecule has 0 aromatic heterocycles. The molecule has 0 bridgehead atoms. The molecule has 4 aliphatic carbocycles. The van der Waals surface area contributed by atoms with Gasteiger partial charge in [-0.1, -0.05) is 49.3 Å². The van der Waals surface area contributed by atoms with Gasteiger partial charge in [-0.25, -0.2) is 4.67 Å². The smallest absolute Gasteiger partial charge is 0.259 e. The van der Waals surface area contributed by atoms with Gasteiger partial charge in [-0.15, -0.1) is 0 Å². The lowest BCUT2D eigenvalue weighted by atomic mass is 9.53. The third kappa shape index (κ3) is 10.7. The van der Waals surface area contributed by atoms with Crippen LogP contribution in [-0.2, 0) is 13.8 Å². The Labute approximate surface area is 296 Å². The van der Waals surface area contributed by atoms with Crippen molar-refractivity contribution in [1.82, 2.24) is 9.99 Å². The summed E-state index contributed by atoms with van der Waals surface area (Å²) in [5.74, 6) is 7.96. The fourth-order valence-electron chi connectivity index (χ4n) is 9.85. The normalized spacial score (nSPS) is 32.5. The molecule has 0 radical (unpaired) electrons. The molecule has 0 aromatic rings. The van der Waals surface area contributed by atoms with Gasteiger partial charge < -0.3 is 14.4 Å². The first kappa shape index (κ1) is 38.8. The second-order valence-electron chi connectivity index (χ2n) is 16.4. The molecule has 9 heteroatoms. The lowest BCUT2D eigenvalue weighted by Gasteiger charge is -2.53. The number of carbonyl (C=O) groups is 1. The van der Waals surface area contributed by atoms with Crippen LogP contribution in [0.2, 0.25) is 0 Å². The maximum atomic E-state index is 12.6. The van der Waals surface area contributed by atoms with Crippen LogP contribution >= 0.6 is 30.1 Å². The second-order valence-corrected chi connectivity index (χ2v) is 21.1. The summed E-state index contributed by atoms with van der Waals surface area (Å²) in [5, 5.41) is 12.3. The van der Waals surface area contributed by atoms with Gasteiger partial charge in [0.1, 0.15) is 0 Å². The van der Waals surface area contributed by atoms with Crippen LogP contribution in [0.1, 0.15) is 137 Å². The Balaban J connectivity index is 0.00000400. The molecule has 4 saturated carbocycles. The fraction of sp³-hybridized carbons (Fsp3) is 0.946.